The molecule has 4 rings (SSSR count). The summed E-state index contributed by atoms with van der Waals surface area (Å²) in [7, 11) is 3.50. The second-order valence-electron chi connectivity index (χ2n) is 7.43. The van der Waals surface area contributed by atoms with E-state index in [4.69, 9.17) is 9.72 Å². The van der Waals surface area contributed by atoms with Crippen LogP contribution in [0.25, 0.3) is 11.5 Å². The number of fused-ring (bicyclic) bond motifs is 1. The van der Waals surface area contributed by atoms with Crippen LogP contribution in [0.3, 0.4) is 0 Å². The third kappa shape index (κ3) is 3.43. The largest absolute Gasteiger partial charge is 0.497 e. The van der Waals surface area contributed by atoms with Crippen molar-refractivity contribution in [1.29, 1.82) is 0 Å². The number of nitrogens with one attached hydrogen (secondary N) is 1. The minimum absolute atomic E-state index is 0.0747. The standard InChI is InChI=1S/C22H26N6O2/c1-5-14(2)28-13-24-26-21(28)19-7-6-8-20(25-19)27-12-18-15(11-23-3)9-16(30-4)10-17(18)22(27)29/h6-10,13-14,23H,5,11-12H2,1-4H3/t14-/m0/s1. The number of carbonyl (C=O) groups excluding carboxylic acids is 1. The quantitative estimate of drug-likeness (QED) is 0.649. The SMILES string of the molecule is CC[C@H](C)n1cnnc1-c1cccc(N2Cc3c(CNC)cc(OC)cc3C2=O)n1. The topological polar surface area (TPSA) is 85.2 Å². The third-order valence-corrected chi connectivity index (χ3v) is 5.59. The lowest BCUT2D eigenvalue weighted by molar-refractivity contribution is 0.0995. The Labute approximate surface area is 175 Å². The molecule has 1 aliphatic heterocycles. The predicted octanol–water partition coefficient (Wildman–Crippen LogP) is 3.20. The van der Waals surface area contributed by atoms with Crippen molar-refractivity contribution in [3.63, 3.8) is 0 Å². The van der Waals surface area contributed by atoms with E-state index < -0.39 is 0 Å². The van der Waals surface area contributed by atoms with Gasteiger partial charge in [-0.15, -0.1) is 10.2 Å². The van der Waals surface area contributed by atoms with Gasteiger partial charge in [0.15, 0.2) is 5.82 Å². The van der Waals surface area contributed by atoms with Crippen LogP contribution in [-0.2, 0) is 13.1 Å². The molecule has 0 spiro atoms. The van der Waals surface area contributed by atoms with E-state index in [0.29, 0.717) is 41.7 Å². The Hall–Kier alpha value is -3.26. The van der Waals surface area contributed by atoms with Gasteiger partial charge in [-0.2, -0.15) is 0 Å². The first-order valence-electron chi connectivity index (χ1n) is 10.1. The number of methoxy groups -OCH3 is 1. The van der Waals surface area contributed by atoms with Gasteiger partial charge in [0, 0.05) is 18.2 Å². The summed E-state index contributed by atoms with van der Waals surface area (Å²) in [5, 5.41) is 11.5. The number of anilines is 1. The first-order valence-corrected chi connectivity index (χ1v) is 10.1. The molecule has 1 amide bonds. The maximum atomic E-state index is 13.2. The van der Waals surface area contributed by atoms with Crippen molar-refractivity contribution < 1.29 is 9.53 Å². The van der Waals surface area contributed by atoms with Crippen LogP contribution in [0.15, 0.2) is 36.7 Å². The zero-order valence-corrected chi connectivity index (χ0v) is 17.7. The van der Waals surface area contributed by atoms with Gasteiger partial charge < -0.3 is 14.6 Å². The number of carbonyl (C=O) groups is 1. The zero-order valence-electron chi connectivity index (χ0n) is 17.7. The molecule has 0 bridgehead atoms. The summed E-state index contributed by atoms with van der Waals surface area (Å²) in [4.78, 5) is 19.7. The van der Waals surface area contributed by atoms with Crippen LogP contribution < -0.4 is 15.0 Å². The van der Waals surface area contributed by atoms with E-state index in [9.17, 15) is 4.79 Å². The van der Waals surface area contributed by atoms with Crippen LogP contribution in [-0.4, -0.2) is 39.8 Å². The molecule has 1 atom stereocenters. The van der Waals surface area contributed by atoms with Gasteiger partial charge in [-0.3, -0.25) is 9.69 Å². The molecule has 0 radical (unpaired) electrons. The van der Waals surface area contributed by atoms with Crippen LogP contribution in [0.4, 0.5) is 5.82 Å². The van der Waals surface area contributed by atoms with E-state index in [1.165, 1.54) is 0 Å². The van der Waals surface area contributed by atoms with E-state index in [1.54, 1.807) is 24.4 Å². The fourth-order valence-electron chi connectivity index (χ4n) is 3.75. The molecule has 1 N–H and O–H groups in total. The minimum Gasteiger partial charge on any atom is -0.497 e. The number of rotatable bonds is 7. The fourth-order valence-corrected chi connectivity index (χ4v) is 3.75. The van der Waals surface area contributed by atoms with Crippen molar-refractivity contribution >= 4 is 11.7 Å². The summed E-state index contributed by atoms with van der Waals surface area (Å²) >= 11 is 0. The first kappa shape index (κ1) is 20.0. The minimum atomic E-state index is -0.0747. The van der Waals surface area contributed by atoms with Crippen LogP contribution in [0, 0.1) is 0 Å². The highest BCUT2D eigenvalue weighted by molar-refractivity contribution is 6.10. The zero-order chi connectivity index (χ0) is 21.3. The third-order valence-electron chi connectivity index (χ3n) is 5.59. The Bertz CT molecular complexity index is 1080. The van der Waals surface area contributed by atoms with E-state index >= 15 is 0 Å². The normalized spacial score (nSPS) is 14.1. The number of hydrogen-bond donors (Lipinski definition) is 1. The first-order chi connectivity index (χ1) is 14.6. The smallest absolute Gasteiger partial charge is 0.260 e. The maximum absolute atomic E-state index is 13.2. The van der Waals surface area contributed by atoms with Crippen molar-refractivity contribution in [3.05, 3.63) is 53.3 Å². The number of nitrogens with zero attached hydrogens (tertiary/aromatic N) is 5. The van der Waals surface area contributed by atoms with Gasteiger partial charge >= 0.3 is 0 Å². The summed E-state index contributed by atoms with van der Waals surface area (Å²) in [6.45, 7) is 5.37. The molecule has 0 fully saturated rings. The Balaban J connectivity index is 1.71. The molecule has 0 aliphatic carbocycles. The van der Waals surface area contributed by atoms with Gasteiger partial charge in [0.2, 0.25) is 0 Å². The van der Waals surface area contributed by atoms with Crippen LogP contribution in [0.5, 0.6) is 5.75 Å². The van der Waals surface area contributed by atoms with Gasteiger partial charge in [-0.05, 0) is 55.8 Å². The lowest BCUT2D eigenvalue weighted by Gasteiger charge is -2.17. The lowest BCUT2D eigenvalue weighted by atomic mass is 10.0. The van der Waals surface area contributed by atoms with Crippen molar-refractivity contribution in [2.75, 3.05) is 19.1 Å². The average molecular weight is 406 g/mol. The predicted molar refractivity (Wildman–Crippen MR) is 115 cm³/mol. The summed E-state index contributed by atoms with van der Waals surface area (Å²) in [6, 6.07) is 9.69. The van der Waals surface area contributed by atoms with Crippen molar-refractivity contribution in [1.82, 2.24) is 25.1 Å². The molecule has 3 aromatic rings. The number of aromatic nitrogens is 4. The molecule has 2 aromatic heterocycles. The molecular weight excluding hydrogens is 380 g/mol. The van der Waals surface area contributed by atoms with Gasteiger partial charge in [0.1, 0.15) is 23.6 Å². The fraction of sp³-hybridized carbons (Fsp3) is 0.364. The molecular formula is C22H26N6O2. The Morgan fingerprint density at radius 2 is 2.13 bits per heavy atom. The van der Waals surface area contributed by atoms with E-state index in [0.717, 1.165) is 17.5 Å². The van der Waals surface area contributed by atoms with Crippen LogP contribution in [0.1, 0.15) is 47.8 Å². The molecule has 0 unspecified atom stereocenters. The number of pyridine rings is 1. The second kappa shape index (κ2) is 8.23. The molecule has 8 nitrogen and oxygen atoms in total. The summed E-state index contributed by atoms with van der Waals surface area (Å²) < 4.78 is 7.41. The number of benzene rings is 1. The summed E-state index contributed by atoms with van der Waals surface area (Å²) in [6.07, 6.45) is 2.69. The van der Waals surface area contributed by atoms with Gasteiger partial charge in [-0.25, -0.2) is 4.98 Å². The van der Waals surface area contributed by atoms with Crippen molar-refractivity contribution in [2.45, 2.75) is 39.4 Å². The number of amides is 1. The molecule has 8 heteroatoms. The maximum Gasteiger partial charge on any atom is 0.260 e. The van der Waals surface area contributed by atoms with Gasteiger partial charge in [0.25, 0.3) is 5.91 Å². The molecule has 3 heterocycles. The molecule has 0 saturated carbocycles. The number of hydrogen-bond acceptors (Lipinski definition) is 6. The van der Waals surface area contributed by atoms with Gasteiger partial charge in [-0.1, -0.05) is 13.0 Å². The molecule has 30 heavy (non-hydrogen) atoms. The van der Waals surface area contributed by atoms with E-state index in [-0.39, 0.29) is 11.9 Å². The highest BCUT2D eigenvalue weighted by Crippen LogP contribution is 2.33. The van der Waals surface area contributed by atoms with Crippen molar-refractivity contribution in [2.24, 2.45) is 0 Å². The summed E-state index contributed by atoms with van der Waals surface area (Å²) in [5.74, 6) is 1.90. The monoisotopic (exact) mass is 406 g/mol. The van der Waals surface area contributed by atoms with E-state index in [2.05, 4.69) is 29.4 Å². The molecule has 156 valence electrons. The van der Waals surface area contributed by atoms with Crippen LogP contribution >= 0.6 is 0 Å². The second-order valence-corrected chi connectivity index (χ2v) is 7.43. The van der Waals surface area contributed by atoms with E-state index in [1.807, 2.05) is 35.9 Å². The Morgan fingerprint density at radius 1 is 1.30 bits per heavy atom. The molecule has 0 saturated heterocycles. The highest BCUT2D eigenvalue weighted by Gasteiger charge is 2.32. The van der Waals surface area contributed by atoms with Gasteiger partial charge in [0.05, 0.1) is 13.7 Å². The summed E-state index contributed by atoms with van der Waals surface area (Å²) in [5.41, 5.74) is 3.41. The highest BCUT2D eigenvalue weighted by atomic mass is 16.5. The molecule has 1 aromatic carbocycles. The Kier molecular flexibility index (Phi) is 5.50. The lowest BCUT2D eigenvalue weighted by Crippen LogP contribution is -2.24. The Morgan fingerprint density at radius 3 is 2.87 bits per heavy atom. The molecule has 1 aliphatic rings. The van der Waals surface area contributed by atoms with Crippen molar-refractivity contribution in [3.8, 4) is 17.3 Å². The number of ether oxygens (including phenoxy) is 1. The van der Waals surface area contributed by atoms with Crippen LogP contribution in [0.2, 0.25) is 0 Å². The average Bonchev–Trinajstić information content (AvgIpc) is 3.39.